The summed E-state index contributed by atoms with van der Waals surface area (Å²) in [5.74, 6) is 3.20. The second-order valence-corrected chi connectivity index (χ2v) is 8.41. The highest BCUT2D eigenvalue weighted by Gasteiger charge is 2.20. The molecular weight excluding hydrogens is 306 g/mol. The number of nitrogens with one attached hydrogen (secondary N) is 1. The molecule has 2 N–H and O–H groups in total. The van der Waals surface area contributed by atoms with Crippen LogP contribution in [0.25, 0.3) is 0 Å². The summed E-state index contributed by atoms with van der Waals surface area (Å²) >= 11 is 3.67. The summed E-state index contributed by atoms with van der Waals surface area (Å²) in [4.78, 5) is 0.148. The molecule has 1 aromatic heterocycles. The molecule has 0 spiro atoms. The molecule has 0 aromatic carbocycles. The molecule has 1 aliphatic heterocycles. The normalized spacial score (nSPS) is 20.6. The van der Waals surface area contributed by atoms with Crippen LogP contribution < -0.4 is 4.72 Å². The van der Waals surface area contributed by atoms with E-state index >= 15 is 0 Å². The van der Waals surface area contributed by atoms with Crippen molar-refractivity contribution in [2.45, 2.75) is 16.7 Å². The molecule has 6 nitrogen and oxygen atoms in total. The maximum atomic E-state index is 12.0. The molecule has 0 saturated carbocycles. The van der Waals surface area contributed by atoms with Crippen molar-refractivity contribution in [2.24, 2.45) is 0 Å². The maximum absolute atomic E-state index is 12.0. The summed E-state index contributed by atoms with van der Waals surface area (Å²) in [7, 11) is -3.49. The molecule has 1 saturated heterocycles. The Morgan fingerprint density at radius 2 is 2.37 bits per heavy atom. The third-order valence-corrected chi connectivity index (χ3v) is 6.86. The molecule has 108 valence electrons. The second-order valence-electron chi connectivity index (χ2n) is 4.08. The SMILES string of the molecule is O=S(=O)(NCC1CSCCS1)c1cnn(CCO)c1. The van der Waals surface area contributed by atoms with Gasteiger partial charge in [-0.3, -0.25) is 4.68 Å². The Morgan fingerprint density at radius 3 is 3.05 bits per heavy atom. The van der Waals surface area contributed by atoms with E-state index in [1.54, 1.807) is 0 Å². The Bertz CT molecular complexity index is 497. The van der Waals surface area contributed by atoms with Crippen LogP contribution in [-0.2, 0) is 16.6 Å². The molecule has 1 aliphatic rings. The van der Waals surface area contributed by atoms with E-state index in [9.17, 15) is 8.42 Å². The predicted molar refractivity (Wildman–Crippen MR) is 78.1 cm³/mol. The molecule has 0 aliphatic carbocycles. The van der Waals surface area contributed by atoms with E-state index < -0.39 is 10.0 Å². The number of thioether (sulfide) groups is 2. The first kappa shape index (κ1) is 15.2. The van der Waals surface area contributed by atoms with E-state index in [2.05, 4.69) is 9.82 Å². The van der Waals surface area contributed by atoms with Crippen LogP contribution in [0, 0.1) is 0 Å². The molecule has 2 rings (SSSR count). The Balaban J connectivity index is 1.92. The van der Waals surface area contributed by atoms with Gasteiger partial charge in [-0.15, -0.1) is 0 Å². The molecule has 1 atom stereocenters. The van der Waals surface area contributed by atoms with Gasteiger partial charge in [0.1, 0.15) is 4.90 Å². The predicted octanol–water partition coefficient (Wildman–Crippen LogP) is 0.00230. The standard InChI is InChI=1S/C10H17N3O3S3/c14-2-1-13-7-10(6-11-13)19(15,16)12-5-9-8-17-3-4-18-9/h6-7,9,12,14H,1-5,8H2. The fourth-order valence-electron chi connectivity index (χ4n) is 1.65. The van der Waals surface area contributed by atoms with Crippen molar-refractivity contribution >= 4 is 33.5 Å². The van der Waals surface area contributed by atoms with Gasteiger partial charge in [-0.2, -0.15) is 28.6 Å². The van der Waals surface area contributed by atoms with Crippen LogP contribution in [0.1, 0.15) is 0 Å². The number of hydrogen-bond acceptors (Lipinski definition) is 6. The highest BCUT2D eigenvalue weighted by molar-refractivity contribution is 8.06. The quantitative estimate of drug-likeness (QED) is 0.767. The van der Waals surface area contributed by atoms with Crippen LogP contribution >= 0.6 is 23.5 Å². The molecule has 9 heteroatoms. The Labute approximate surface area is 121 Å². The summed E-state index contributed by atoms with van der Waals surface area (Å²) in [5.41, 5.74) is 0. The van der Waals surface area contributed by atoms with Gasteiger partial charge in [0.25, 0.3) is 0 Å². The van der Waals surface area contributed by atoms with Gasteiger partial charge in [0, 0.05) is 35.3 Å². The van der Waals surface area contributed by atoms with Crippen LogP contribution in [0.2, 0.25) is 0 Å². The second kappa shape index (κ2) is 6.98. The van der Waals surface area contributed by atoms with Crippen LogP contribution in [0.15, 0.2) is 17.3 Å². The zero-order valence-electron chi connectivity index (χ0n) is 10.4. The lowest BCUT2D eigenvalue weighted by Crippen LogP contribution is -2.33. The summed E-state index contributed by atoms with van der Waals surface area (Å²) in [6, 6.07) is 0. The number of aliphatic hydroxyl groups excluding tert-OH is 1. The van der Waals surface area contributed by atoms with Gasteiger partial charge in [0.2, 0.25) is 10.0 Å². The summed E-state index contributed by atoms with van der Waals surface area (Å²) in [6.07, 6.45) is 2.74. The number of aromatic nitrogens is 2. The lowest BCUT2D eigenvalue weighted by atomic mass is 10.5. The van der Waals surface area contributed by atoms with E-state index in [1.165, 1.54) is 17.1 Å². The third-order valence-electron chi connectivity index (χ3n) is 2.63. The van der Waals surface area contributed by atoms with Crippen LogP contribution in [0.3, 0.4) is 0 Å². The minimum absolute atomic E-state index is 0.0649. The van der Waals surface area contributed by atoms with Gasteiger partial charge < -0.3 is 5.11 Å². The molecule has 1 unspecified atom stereocenters. The summed E-state index contributed by atoms with van der Waals surface area (Å²) in [6.45, 7) is 0.681. The van der Waals surface area contributed by atoms with E-state index in [1.807, 2.05) is 23.5 Å². The lowest BCUT2D eigenvalue weighted by molar-refractivity contribution is 0.269. The molecule has 0 radical (unpaired) electrons. The Morgan fingerprint density at radius 1 is 1.53 bits per heavy atom. The maximum Gasteiger partial charge on any atom is 0.243 e. The first-order valence-electron chi connectivity index (χ1n) is 5.94. The van der Waals surface area contributed by atoms with Gasteiger partial charge in [-0.25, -0.2) is 13.1 Å². The monoisotopic (exact) mass is 323 g/mol. The van der Waals surface area contributed by atoms with Crippen LogP contribution in [0.4, 0.5) is 0 Å². The smallest absolute Gasteiger partial charge is 0.243 e. The number of rotatable bonds is 6. The van der Waals surface area contributed by atoms with Crippen molar-refractivity contribution in [3.05, 3.63) is 12.4 Å². The van der Waals surface area contributed by atoms with E-state index in [-0.39, 0.29) is 11.5 Å². The van der Waals surface area contributed by atoms with Crippen molar-refractivity contribution in [3.63, 3.8) is 0 Å². The molecule has 0 bridgehead atoms. The number of aliphatic hydroxyl groups is 1. The van der Waals surface area contributed by atoms with Gasteiger partial charge in [-0.05, 0) is 0 Å². The molecule has 19 heavy (non-hydrogen) atoms. The molecule has 1 aromatic rings. The minimum atomic E-state index is -3.49. The van der Waals surface area contributed by atoms with Crippen LogP contribution in [0.5, 0.6) is 0 Å². The third kappa shape index (κ3) is 4.38. The number of hydrogen-bond donors (Lipinski definition) is 2. The Hall–Kier alpha value is -0.220. The van der Waals surface area contributed by atoms with E-state index in [0.29, 0.717) is 18.3 Å². The lowest BCUT2D eigenvalue weighted by Gasteiger charge is -2.20. The van der Waals surface area contributed by atoms with E-state index in [0.717, 1.165) is 17.3 Å². The average molecular weight is 323 g/mol. The zero-order valence-corrected chi connectivity index (χ0v) is 12.8. The van der Waals surface area contributed by atoms with Crippen molar-refractivity contribution < 1.29 is 13.5 Å². The summed E-state index contributed by atoms with van der Waals surface area (Å²) in [5, 5.41) is 13.0. The first-order chi connectivity index (χ1) is 9.12. The van der Waals surface area contributed by atoms with Crippen molar-refractivity contribution in [3.8, 4) is 0 Å². The van der Waals surface area contributed by atoms with Gasteiger partial charge in [0.05, 0.1) is 19.3 Å². The molecule has 0 amide bonds. The van der Waals surface area contributed by atoms with Gasteiger partial charge >= 0.3 is 0 Å². The van der Waals surface area contributed by atoms with Crippen molar-refractivity contribution in [1.29, 1.82) is 0 Å². The zero-order chi connectivity index (χ0) is 13.7. The first-order valence-corrected chi connectivity index (χ1v) is 9.63. The summed E-state index contributed by atoms with van der Waals surface area (Å²) < 4.78 is 28.1. The topological polar surface area (TPSA) is 84.2 Å². The molecular formula is C10H17N3O3S3. The van der Waals surface area contributed by atoms with Crippen LogP contribution in [-0.4, -0.2) is 59.0 Å². The fourth-order valence-corrected chi connectivity index (χ4v) is 5.40. The highest BCUT2D eigenvalue weighted by atomic mass is 32.2. The van der Waals surface area contributed by atoms with Crippen molar-refractivity contribution in [1.82, 2.24) is 14.5 Å². The van der Waals surface area contributed by atoms with E-state index in [4.69, 9.17) is 5.11 Å². The van der Waals surface area contributed by atoms with Crippen molar-refractivity contribution in [2.75, 3.05) is 30.4 Å². The highest BCUT2D eigenvalue weighted by Crippen LogP contribution is 2.23. The molecule has 1 fully saturated rings. The van der Waals surface area contributed by atoms with Gasteiger partial charge in [-0.1, -0.05) is 0 Å². The Kier molecular flexibility index (Phi) is 5.58. The number of sulfonamides is 1. The fraction of sp³-hybridized carbons (Fsp3) is 0.700. The molecule has 2 heterocycles. The number of nitrogens with zero attached hydrogens (tertiary/aromatic N) is 2. The largest absolute Gasteiger partial charge is 0.394 e. The van der Waals surface area contributed by atoms with Gasteiger partial charge in [0.15, 0.2) is 0 Å². The minimum Gasteiger partial charge on any atom is -0.394 e. The average Bonchev–Trinajstić information content (AvgIpc) is 2.88.